The topological polar surface area (TPSA) is 58.5 Å². The second-order valence-corrected chi connectivity index (χ2v) is 8.04. The highest BCUT2D eigenvalue weighted by Crippen LogP contribution is 2.30. The molecule has 0 saturated heterocycles. The van der Waals surface area contributed by atoms with Gasteiger partial charge in [-0.25, -0.2) is 4.98 Å². The minimum Gasteiger partial charge on any atom is -0.378 e. The summed E-state index contributed by atoms with van der Waals surface area (Å²) >= 11 is 1.79. The van der Waals surface area contributed by atoms with E-state index in [4.69, 9.17) is 4.74 Å². The Hall–Kier alpha value is -0.410. The number of aromatic nitrogens is 1. The fourth-order valence-corrected chi connectivity index (χ4v) is 4.42. The van der Waals surface area contributed by atoms with Crippen LogP contribution in [-0.4, -0.2) is 43.8 Å². The van der Waals surface area contributed by atoms with E-state index in [1.165, 1.54) is 35.6 Å². The van der Waals surface area contributed by atoms with Gasteiger partial charge in [-0.1, -0.05) is 12.8 Å². The summed E-state index contributed by atoms with van der Waals surface area (Å²) in [5.41, 5.74) is 1.15. The van der Waals surface area contributed by atoms with Crippen LogP contribution in [0.3, 0.4) is 0 Å². The average molecular weight is 494 g/mol. The Morgan fingerprint density at radius 2 is 1.96 bits per heavy atom. The van der Waals surface area contributed by atoms with Crippen molar-refractivity contribution in [2.24, 2.45) is 10.9 Å². The van der Waals surface area contributed by atoms with Gasteiger partial charge in [0, 0.05) is 38.0 Å². The van der Waals surface area contributed by atoms with Gasteiger partial charge in [0.05, 0.1) is 16.8 Å². The molecule has 1 atom stereocenters. The summed E-state index contributed by atoms with van der Waals surface area (Å²) < 4.78 is 5.99. The number of guanidine groups is 1. The molecule has 2 rings (SSSR count). The van der Waals surface area contributed by atoms with Crippen LogP contribution in [0, 0.1) is 19.8 Å². The molecule has 0 spiro atoms. The fourth-order valence-electron chi connectivity index (χ4n) is 3.49. The van der Waals surface area contributed by atoms with Crippen LogP contribution in [0.1, 0.15) is 54.6 Å². The Kier molecular flexibility index (Phi) is 11.7. The molecule has 5 nitrogen and oxygen atoms in total. The first kappa shape index (κ1) is 23.6. The molecule has 1 aliphatic rings. The van der Waals surface area contributed by atoms with Crippen LogP contribution in [0.4, 0.5) is 0 Å². The smallest absolute Gasteiger partial charge is 0.190 e. The van der Waals surface area contributed by atoms with Gasteiger partial charge in [-0.2, -0.15) is 0 Å². The third kappa shape index (κ3) is 7.68. The molecule has 0 amide bonds. The molecule has 0 bridgehead atoms. The standard InChI is InChI=1S/C19H34N4OS.HI/c1-5-24-17(16-8-6-7-9-16)10-12-21-19(20-4)22-13-11-18-23-14(2)15(3)25-18;/h16-17H,5-13H2,1-4H3,(H2,20,21,22);1H. The molecule has 2 N–H and O–H groups in total. The molecular formula is C19H35IN4OS. The summed E-state index contributed by atoms with van der Waals surface area (Å²) in [6.45, 7) is 8.85. The highest BCUT2D eigenvalue weighted by Gasteiger charge is 2.25. The molecule has 1 aromatic rings. The van der Waals surface area contributed by atoms with Crippen LogP contribution in [0.15, 0.2) is 4.99 Å². The molecule has 1 aromatic heterocycles. The summed E-state index contributed by atoms with van der Waals surface area (Å²) in [6.07, 6.45) is 7.74. The number of thiazole rings is 1. The van der Waals surface area contributed by atoms with Crippen molar-refractivity contribution in [3.8, 4) is 0 Å². The predicted octanol–water partition coefficient (Wildman–Crippen LogP) is 4.07. The first-order chi connectivity index (χ1) is 12.1. The van der Waals surface area contributed by atoms with E-state index < -0.39 is 0 Å². The minimum atomic E-state index is 0. The van der Waals surface area contributed by atoms with Crippen molar-refractivity contribution in [2.45, 2.75) is 65.4 Å². The quantitative estimate of drug-likeness (QED) is 0.309. The van der Waals surface area contributed by atoms with Crippen molar-refractivity contribution < 1.29 is 4.74 Å². The summed E-state index contributed by atoms with van der Waals surface area (Å²) in [5, 5.41) is 8.00. The van der Waals surface area contributed by atoms with Gasteiger partial charge in [0.25, 0.3) is 0 Å². The lowest BCUT2D eigenvalue weighted by Gasteiger charge is -2.24. The van der Waals surface area contributed by atoms with E-state index in [2.05, 4.69) is 41.4 Å². The van der Waals surface area contributed by atoms with Crippen molar-refractivity contribution in [1.82, 2.24) is 15.6 Å². The highest BCUT2D eigenvalue weighted by molar-refractivity contribution is 14.0. The van der Waals surface area contributed by atoms with Crippen molar-refractivity contribution in [3.63, 3.8) is 0 Å². The number of rotatable bonds is 9. The SMILES string of the molecule is CCOC(CCNC(=NC)NCCc1nc(C)c(C)s1)C1CCCC1.I. The summed E-state index contributed by atoms with van der Waals surface area (Å²) in [5.74, 6) is 1.61. The third-order valence-electron chi connectivity index (χ3n) is 4.96. The van der Waals surface area contributed by atoms with Crippen LogP contribution in [-0.2, 0) is 11.2 Å². The lowest BCUT2D eigenvalue weighted by atomic mass is 9.98. The van der Waals surface area contributed by atoms with E-state index in [1.807, 2.05) is 7.05 Å². The van der Waals surface area contributed by atoms with Gasteiger partial charge in [0.2, 0.25) is 0 Å². The van der Waals surface area contributed by atoms with Crippen molar-refractivity contribution >= 4 is 41.3 Å². The maximum absolute atomic E-state index is 5.99. The Morgan fingerprint density at radius 3 is 2.54 bits per heavy atom. The predicted molar refractivity (Wildman–Crippen MR) is 122 cm³/mol. The van der Waals surface area contributed by atoms with Crippen molar-refractivity contribution in [1.29, 1.82) is 0 Å². The molecule has 1 aliphatic carbocycles. The molecule has 26 heavy (non-hydrogen) atoms. The number of ether oxygens (including phenoxy) is 1. The molecule has 0 aromatic carbocycles. The molecule has 0 aliphatic heterocycles. The van der Waals surface area contributed by atoms with E-state index in [0.717, 1.165) is 50.1 Å². The number of nitrogens with one attached hydrogen (secondary N) is 2. The zero-order valence-electron chi connectivity index (χ0n) is 16.6. The second kappa shape index (κ2) is 12.9. The molecule has 1 saturated carbocycles. The van der Waals surface area contributed by atoms with Gasteiger partial charge in [0.1, 0.15) is 0 Å². The molecule has 7 heteroatoms. The Morgan fingerprint density at radius 1 is 1.27 bits per heavy atom. The van der Waals surface area contributed by atoms with Crippen LogP contribution < -0.4 is 10.6 Å². The zero-order chi connectivity index (χ0) is 18.1. The van der Waals surface area contributed by atoms with Crippen molar-refractivity contribution in [3.05, 3.63) is 15.6 Å². The summed E-state index contributed by atoms with van der Waals surface area (Å²) in [6, 6.07) is 0. The monoisotopic (exact) mass is 494 g/mol. The molecule has 150 valence electrons. The largest absolute Gasteiger partial charge is 0.378 e. The van der Waals surface area contributed by atoms with Gasteiger partial charge < -0.3 is 15.4 Å². The number of hydrogen-bond acceptors (Lipinski definition) is 4. The van der Waals surface area contributed by atoms with Gasteiger partial charge in [-0.3, -0.25) is 4.99 Å². The first-order valence-electron chi connectivity index (χ1n) is 9.63. The highest BCUT2D eigenvalue weighted by atomic mass is 127. The first-order valence-corrected chi connectivity index (χ1v) is 10.4. The Bertz CT molecular complexity index is 524. The molecule has 1 unspecified atom stereocenters. The Balaban J connectivity index is 0.00000338. The van der Waals surface area contributed by atoms with Crippen LogP contribution in [0.5, 0.6) is 0 Å². The third-order valence-corrected chi connectivity index (χ3v) is 6.09. The maximum Gasteiger partial charge on any atom is 0.190 e. The van der Waals surface area contributed by atoms with Crippen LogP contribution in [0.25, 0.3) is 0 Å². The van der Waals surface area contributed by atoms with Crippen LogP contribution in [0.2, 0.25) is 0 Å². The lowest BCUT2D eigenvalue weighted by Crippen LogP contribution is -2.40. The van der Waals surface area contributed by atoms with Gasteiger partial charge in [-0.15, -0.1) is 35.3 Å². The number of nitrogens with zero attached hydrogens (tertiary/aromatic N) is 2. The van der Waals surface area contributed by atoms with Crippen molar-refractivity contribution in [2.75, 3.05) is 26.7 Å². The number of aliphatic imine (C=N–C) groups is 1. The van der Waals surface area contributed by atoms with E-state index in [-0.39, 0.29) is 24.0 Å². The molecule has 1 heterocycles. The number of halogens is 1. The van der Waals surface area contributed by atoms with Gasteiger partial charge in [0.15, 0.2) is 5.96 Å². The molecular weight excluding hydrogens is 459 g/mol. The van der Waals surface area contributed by atoms with E-state index in [9.17, 15) is 0 Å². The lowest BCUT2D eigenvalue weighted by molar-refractivity contribution is 0.0169. The zero-order valence-corrected chi connectivity index (χ0v) is 19.8. The molecule has 0 radical (unpaired) electrons. The normalized spacial score (nSPS) is 16.4. The van der Waals surface area contributed by atoms with E-state index in [1.54, 1.807) is 11.3 Å². The minimum absolute atomic E-state index is 0. The maximum atomic E-state index is 5.99. The summed E-state index contributed by atoms with van der Waals surface area (Å²) in [4.78, 5) is 10.2. The number of aryl methyl sites for hydroxylation is 2. The number of hydrogen-bond donors (Lipinski definition) is 2. The molecule has 1 fully saturated rings. The van der Waals surface area contributed by atoms with E-state index in [0.29, 0.717) is 6.10 Å². The Labute approximate surface area is 179 Å². The summed E-state index contributed by atoms with van der Waals surface area (Å²) in [7, 11) is 1.82. The van der Waals surface area contributed by atoms with Gasteiger partial charge >= 0.3 is 0 Å². The van der Waals surface area contributed by atoms with E-state index >= 15 is 0 Å². The second-order valence-electron chi connectivity index (χ2n) is 6.75. The van der Waals surface area contributed by atoms with Crippen LogP contribution >= 0.6 is 35.3 Å². The van der Waals surface area contributed by atoms with Gasteiger partial charge in [-0.05, 0) is 46.0 Å². The fraction of sp³-hybridized carbons (Fsp3) is 0.789. The average Bonchev–Trinajstić information content (AvgIpc) is 3.23.